The Kier molecular flexibility index (Phi) is 20.8. The zero-order valence-corrected chi connectivity index (χ0v) is 42.1. The zero-order valence-electron chi connectivity index (χ0n) is 42.1. The molecule has 1 aromatic heterocycles. The van der Waals surface area contributed by atoms with E-state index >= 15 is 4.39 Å². The number of pyridine rings is 1. The maximum absolute atomic E-state index is 16.0. The van der Waals surface area contributed by atoms with Crippen molar-refractivity contribution in [3.8, 4) is 0 Å². The number of allylic oxidation sites excluding steroid dienone is 2. The summed E-state index contributed by atoms with van der Waals surface area (Å²) in [6.07, 6.45) is 13.6. The summed E-state index contributed by atoms with van der Waals surface area (Å²) in [5.41, 5.74) is 7.05. The number of hydrogen-bond donors (Lipinski definition) is 5. The number of aldehydes is 1. The number of likely N-dealkylation sites (N-methyl/N-ethyl adjacent to an activating group) is 1. The Labute approximate surface area is 412 Å². The first-order valence-electron chi connectivity index (χ1n) is 24.6. The molecule has 6 rings (SSSR count). The molecule has 2 fully saturated rings. The van der Waals surface area contributed by atoms with Crippen molar-refractivity contribution in [2.24, 2.45) is 5.92 Å². The molecule has 0 bridgehead atoms. The van der Waals surface area contributed by atoms with Crippen LogP contribution in [0.3, 0.4) is 0 Å². The molecule has 378 valence electrons. The number of hydrogen-bond acceptors (Lipinski definition) is 11. The predicted molar refractivity (Wildman–Crippen MR) is 275 cm³/mol. The van der Waals surface area contributed by atoms with Crippen LogP contribution in [0.1, 0.15) is 105 Å². The van der Waals surface area contributed by atoms with Gasteiger partial charge in [0.2, 0.25) is 11.8 Å². The minimum atomic E-state index is -0.580. The number of imide groups is 1. The van der Waals surface area contributed by atoms with Gasteiger partial charge in [-0.3, -0.25) is 34.4 Å². The molecule has 0 saturated carbocycles. The highest BCUT2D eigenvalue weighted by Gasteiger charge is 2.28. The monoisotopic (exact) mass is 968 g/mol. The molecule has 2 atom stereocenters. The molecule has 0 aliphatic carbocycles. The van der Waals surface area contributed by atoms with Gasteiger partial charge in [-0.15, -0.1) is 0 Å². The standard InChI is InChI=1S/C52H66F3N9O4.C2H6/c1-33(28-41-35(3)58-21-13-48(41)62(6)32-44(55)45(56-5)18-26-65)36(4)63-24-16-38(17-25-63)50-34(2)27-39(29-43(50)54)52(68)64-22-14-37(15-23-64)31-57-19-7-8-20-59-46-10-9-40(30-42(46)53)60-47-11-12-49(66)61-51(47)67;1-2/h9-10,13,16,18,21,26-30,32,36-37,47,56-57,59-60H,7-8,11-12,14-15,17,19-20,22-25,31H2,1-6H3,(H,61,66,67);1-2H3/b33-28+,44-32+,45-18+;. The number of halogens is 3. The Hall–Kier alpha value is -6.26. The highest BCUT2D eigenvalue weighted by molar-refractivity contribution is 6.01. The summed E-state index contributed by atoms with van der Waals surface area (Å²) in [5.74, 6) is -1.80. The molecule has 3 amide bonds. The summed E-state index contributed by atoms with van der Waals surface area (Å²) >= 11 is 0. The molecule has 5 N–H and O–H groups in total. The third kappa shape index (κ3) is 14.6. The van der Waals surface area contributed by atoms with Crippen LogP contribution < -0.4 is 31.5 Å². The van der Waals surface area contributed by atoms with E-state index in [2.05, 4.69) is 62.5 Å². The fourth-order valence-corrected chi connectivity index (χ4v) is 9.09. The number of unbranched alkanes of at least 4 members (excludes halogenated alkanes) is 1. The van der Waals surface area contributed by atoms with Crippen LogP contribution in [0.2, 0.25) is 0 Å². The average molecular weight is 968 g/mol. The SMILES string of the molecule is CC.CNC(=C/C=O)/C(F)=C\N(C)c1ccnc(C)c1/C=C(\C)C(C)N1CC=C(c2c(C)cc(C(=O)N3CCC(CNCCCCNc4ccc(NC5CCC(=O)NC5=O)cc4F)CC3)cc2F)CC1. The van der Waals surface area contributed by atoms with E-state index in [4.69, 9.17) is 0 Å². The first kappa shape index (κ1) is 54.7. The van der Waals surface area contributed by atoms with Gasteiger partial charge in [-0.2, -0.15) is 0 Å². The van der Waals surface area contributed by atoms with E-state index in [1.807, 2.05) is 44.7 Å². The first-order chi connectivity index (χ1) is 33.7. The van der Waals surface area contributed by atoms with Gasteiger partial charge in [0, 0.05) is 106 Å². The van der Waals surface area contributed by atoms with Crippen LogP contribution in [-0.2, 0) is 14.4 Å². The molecule has 0 spiro atoms. The lowest BCUT2D eigenvalue weighted by Crippen LogP contribution is -2.47. The number of carbonyl (C=O) groups excluding carboxylic acids is 4. The third-order valence-electron chi connectivity index (χ3n) is 13.3. The summed E-state index contributed by atoms with van der Waals surface area (Å²) in [4.78, 5) is 58.3. The van der Waals surface area contributed by atoms with Crippen LogP contribution in [0.4, 0.5) is 30.2 Å². The summed E-state index contributed by atoms with van der Waals surface area (Å²) in [7, 11) is 3.30. The second kappa shape index (κ2) is 26.6. The van der Waals surface area contributed by atoms with E-state index in [1.165, 1.54) is 18.3 Å². The Morgan fingerprint density at radius 2 is 1.74 bits per heavy atom. The fraction of sp³-hybridized carbons (Fsp3) is 0.463. The van der Waals surface area contributed by atoms with Gasteiger partial charge in [-0.25, -0.2) is 13.2 Å². The molecule has 2 aromatic carbocycles. The Balaban J connectivity index is 0.00000450. The van der Waals surface area contributed by atoms with E-state index in [0.29, 0.717) is 80.3 Å². The number of carbonyl (C=O) groups is 4. The van der Waals surface area contributed by atoms with E-state index in [-0.39, 0.29) is 35.8 Å². The van der Waals surface area contributed by atoms with Crippen LogP contribution in [-0.4, -0.2) is 111 Å². The van der Waals surface area contributed by atoms with Gasteiger partial charge in [0.1, 0.15) is 24.0 Å². The highest BCUT2D eigenvalue weighted by atomic mass is 19.1. The number of nitrogens with one attached hydrogen (secondary N) is 5. The van der Waals surface area contributed by atoms with E-state index in [1.54, 1.807) is 37.3 Å². The maximum Gasteiger partial charge on any atom is 0.253 e. The number of rotatable bonds is 20. The lowest BCUT2D eigenvalue weighted by molar-refractivity contribution is -0.133. The van der Waals surface area contributed by atoms with Gasteiger partial charge in [0.05, 0.1) is 17.1 Å². The number of piperidine rings is 2. The number of anilines is 3. The fourth-order valence-electron chi connectivity index (χ4n) is 9.09. The minimum absolute atomic E-state index is 0.0493. The van der Waals surface area contributed by atoms with E-state index < -0.39 is 23.6 Å². The zero-order chi connectivity index (χ0) is 50.9. The summed E-state index contributed by atoms with van der Waals surface area (Å²) < 4.78 is 45.7. The maximum atomic E-state index is 16.0. The molecule has 0 radical (unpaired) electrons. The van der Waals surface area contributed by atoms with Crippen molar-refractivity contribution in [1.82, 2.24) is 30.7 Å². The predicted octanol–water partition coefficient (Wildman–Crippen LogP) is 8.68. The Morgan fingerprint density at radius 3 is 2.40 bits per heavy atom. The van der Waals surface area contributed by atoms with Crippen molar-refractivity contribution in [2.45, 2.75) is 98.6 Å². The third-order valence-corrected chi connectivity index (χ3v) is 13.3. The molecule has 2 saturated heterocycles. The van der Waals surface area contributed by atoms with Gasteiger partial charge >= 0.3 is 0 Å². The van der Waals surface area contributed by atoms with Crippen molar-refractivity contribution in [1.29, 1.82) is 0 Å². The van der Waals surface area contributed by atoms with Crippen LogP contribution in [0.15, 0.2) is 78.0 Å². The Morgan fingerprint density at radius 1 is 1.00 bits per heavy atom. The molecule has 3 aromatic rings. The van der Waals surface area contributed by atoms with Crippen molar-refractivity contribution in [3.05, 3.63) is 118 Å². The van der Waals surface area contributed by atoms with Crippen molar-refractivity contribution in [3.63, 3.8) is 0 Å². The summed E-state index contributed by atoms with van der Waals surface area (Å²) in [5, 5.41) is 14.7. The largest absolute Gasteiger partial charge is 0.386 e. The minimum Gasteiger partial charge on any atom is -0.386 e. The number of nitrogens with zero attached hydrogens (tertiary/aromatic N) is 4. The van der Waals surface area contributed by atoms with E-state index in [0.717, 1.165) is 78.5 Å². The molecule has 3 aliphatic heterocycles. The van der Waals surface area contributed by atoms with Crippen molar-refractivity contribution < 1.29 is 32.3 Å². The van der Waals surface area contributed by atoms with Crippen molar-refractivity contribution in [2.75, 3.05) is 75.4 Å². The van der Waals surface area contributed by atoms with Crippen LogP contribution in [0.5, 0.6) is 0 Å². The molecule has 2 unspecified atom stereocenters. The molecular weight excluding hydrogens is 896 g/mol. The molecule has 3 aliphatic rings. The van der Waals surface area contributed by atoms with Gasteiger partial charge in [-0.05, 0) is 133 Å². The van der Waals surface area contributed by atoms with Gasteiger partial charge in [0.25, 0.3) is 5.91 Å². The number of amides is 3. The van der Waals surface area contributed by atoms with E-state index in [9.17, 15) is 28.0 Å². The van der Waals surface area contributed by atoms with Crippen LogP contribution in [0, 0.1) is 31.4 Å². The lowest BCUT2D eigenvalue weighted by Gasteiger charge is -2.33. The smallest absolute Gasteiger partial charge is 0.253 e. The molecule has 4 heterocycles. The van der Waals surface area contributed by atoms with Gasteiger partial charge in [0.15, 0.2) is 5.83 Å². The Bertz CT molecular complexity index is 2420. The lowest BCUT2D eigenvalue weighted by atomic mass is 9.91. The molecule has 70 heavy (non-hydrogen) atoms. The second-order valence-electron chi connectivity index (χ2n) is 18.0. The normalized spacial score (nSPS) is 17.8. The van der Waals surface area contributed by atoms with Crippen LogP contribution >= 0.6 is 0 Å². The number of benzene rings is 2. The quantitative estimate of drug-likeness (QED) is 0.0243. The average Bonchev–Trinajstić information content (AvgIpc) is 3.35. The first-order valence-corrected chi connectivity index (χ1v) is 24.6. The second-order valence-corrected chi connectivity index (χ2v) is 18.0. The van der Waals surface area contributed by atoms with Crippen molar-refractivity contribution >= 4 is 52.7 Å². The van der Waals surface area contributed by atoms with Crippen LogP contribution in [0.25, 0.3) is 11.6 Å². The highest BCUT2D eigenvalue weighted by Crippen LogP contribution is 2.32. The number of aromatic nitrogens is 1. The topological polar surface area (TPSA) is 151 Å². The van der Waals surface area contributed by atoms with Gasteiger partial charge < -0.3 is 31.1 Å². The molecule has 16 heteroatoms. The number of aryl methyl sites for hydroxylation is 2. The summed E-state index contributed by atoms with van der Waals surface area (Å²) in [6, 6.07) is 9.22. The number of likely N-dealkylation sites (tertiary alicyclic amines) is 1. The molecular formula is C54H72F3N9O4. The van der Waals surface area contributed by atoms with Gasteiger partial charge in [-0.1, -0.05) is 31.6 Å². The molecule has 13 nitrogen and oxygen atoms in total. The summed E-state index contributed by atoms with van der Waals surface area (Å²) in [6.45, 7) is 16.8.